The molecule has 0 atom stereocenters. The van der Waals surface area contributed by atoms with E-state index in [1.165, 1.54) is 38.6 Å². The van der Waals surface area contributed by atoms with Gasteiger partial charge in [0.15, 0.2) is 0 Å². The van der Waals surface area contributed by atoms with Crippen LogP contribution in [0.15, 0.2) is 24.3 Å². The highest BCUT2D eigenvalue weighted by Gasteiger charge is 2.18. The Morgan fingerprint density at radius 3 is 2.55 bits per heavy atom. The second-order valence-electron chi connectivity index (χ2n) is 6.07. The summed E-state index contributed by atoms with van der Waals surface area (Å²) in [5.74, 6) is 1.72. The Morgan fingerprint density at radius 1 is 1.18 bits per heavy atom. The third kappa shape index (κ3) is 5.78. The molecule has 1 fully saturated rings. The largest absolute Gasteiger partial charge is 0.494 e. The van der Waals surface area contributed by atoms with Crippen molar-refractivity contribution in [3.05, 3.63) is 29.8 Å². The number of benzene rings is 1. The number of likely N-dealkylation sites (tertiary alicyclic amines) is 1. The molecule has 122 valence electrons. The zero-order valence-electron chi connectivity index (χ0n) is 13.3. The fraction of sp³-hybridized carbons (Fsp3) is 0.611. The van der Waals surface area contributed by atoms with Crippen molar-refractivity contribution in [3.63, 3.8) is 0 Å². The fourth-order valence-electron chi connectivity index (χ4n) is 3.02. The first kappa shape index (κ1) is 17.0. The smallest absolute Gasteiger partial charge is 0.119 e. The average Bonchev–Trinajstić information content (AvgIpc) is 2.58. The van der Waals surface area contributed by atoms with Crippen LogP contribution in [0.4, 0.5) is 0 Å². The zero-order valence-corrected chi connectivity index (χ0v) is 13.3. The van der Waals surface area contributed by atoms with Crippen molar-refractivity contribution in [2.45, 2.75) is 32.1 Å². The normalized spacial score (nSPS) is 16.6. The van der Waals surface area contributed by atoms with E-state index in [0.717, 1.165) is 43.2 Å². The van der Waals surface area contributed by atoms with Gasteiger partial charge in [0.2, 0.25) is 0 Å². The molecule has 1 aliphatic rings. The van der Waals surface area contributed by atoms with E-state index >= 15 is 0 Å². The molecule has 0 unspecified atom stereocenters. The third-order valence-corrected chi connectivity index (χ3v) is 4.41. The van der Waals surface area contributed by atoms with E-state index < -0.39 is 0 Å². The molecule has 0 amide bonds. The van der Waals surface area contributed by atoms with Gasteiger partial charge in [-0.05, 0) is 80.9 Å². The van der Waals surface area contributed by atoms with Crippen molar-refractivity contribution in [2.75, 3.05) is 32.8 Å². The lowest BCUT2D eigenvalue weighted by atomic mass is 9.92. The molecule has 4 heteroatoms. The highest BCUT2D eigenvalue weighted by molar-refractivity contribution is 5.76. The Kier molecular flexibility index (Phi) is 7.40. The number of hydrogen-bond donors (Lipinski definition) is 2. The van der Waals surface area contributed by atoms with Crippen LogP contribution in [0, 0.1) is 11.3 Å². The van der Waals surface area contributed by atoms with Gasteiger partial charge in [-0.3, -0.25) is 0 Å². The number of nitrogens with zero attached hydrogens (tertiary/aromatic N) is 1. The number of aliphatic hydroxyl groups is 1. The Balaban J connectivity index is 1.56. The van der Waals surface area contributed by atoms with Gasteiger partial charge >= 0.3 is 0 Å². The summed E-state index contributed by atoms with van der Waals surface area (Å²) in [7, 11) is 0. The molecule has 0 bridgehead atoms. The molecule has 1 aliphatic heterocycles. The number of rotatable bonds is 9. The van der Waals surface area contributed by atoms with E-state index in [2.05, 4.69) is 4.90 Å². The summed E-state index contributed by atoms with van der Waals surface area (Å²) < 4.78 is 5.76. The molecule has 0 aromatic heterocycles. The quantitative estimate of drug-likeness (QED) is 0.545. The van der Waals surface area contributed by atoms with Crippen LogP contribution in [0.5, 0.6) is 5.75 Å². The molecule has 4 nitrogen and oxygen atoms in total. The molecule has 1 heterocycles. The maximum atomic E-state index is 8.86. The summed E-state index contributed by atoms with van der Waals surface area (Å²) in [4.78, 5) is 2.47. The van der Waals surface area contributed by atoms with E-state index in [-0.39, 0.29) is 0 Å². The highest BCUT2D eigenvalue weighted by atomic mass is 16.5. The molecular weight excluding hydrogens is 276 g/mol. The van der Waals surface area contributed by atoms with Gasteiger partial charge in [0.1, 0.15) is 5.75 Å². The number of aliphatic hydroxyl groups excluding tert-OH is 1. The van der Waals surface area contributed by atoms with Crippen LogP contribution in [-0.4, -0.2) is 49.1 Å². The third-order valence-electron chi connectivity index (χ3n) is 4.41. The Morgan fingerprint density at radius 2 is 1.91 bits per heavy atom. The maximum absolute atomic E-state index is 8.86. The first-order chi connectivity index (χ1) is 10.8. The Bertz CT molecular complexity index is 425. The summed E-state index contributed by atoms with van der Waals surface area (Å²) in [5, 5.41) is 16.0. The van der Waals surface area contributed by atoms with Gasteiger partial charge in [-0.15, -0.1) is 0 Å². The van der Waals surface area contributed by atoms with E-state index in [9.17, 15) is 0 Å². The van der Waals surface area contributed by atoms with Crippen molar-refractivity contribution in [3.8, 4) is 5.75 Å². The Hall–Kier alpha value is -1.39. The minimum atomic E-state index is 0.304. The second kappa shape index (κ2) is 9.59. The van der Waals surface area contributed by atoms with Gasteiger partial charge in [0.05, 0.1) is 6.61 Å². The number of piperidine rings is 1. The van der Waals surface area contributed by atoms with E-state index in [4.69, 9.17) is 15.3 Å². The SMILES string of the molecule is N=Cc1ccc(OCCCC2CCN(CCCO)CC2)cc1. The van der Waals surface area contributed by atoms with Crippen LogP contribution >= 0.6 is 0 Å². The molecular formula is C18H28N2O2. The lowest BCUT2D eigenvalue weighted by molar-refractivity contribution is 0.158. The second-order valence-corrected chi connectivity index (χ2v) is 6.07. The fourth-order valence-corrected chi connectivity index (χ4v) is 3.02. The summed E-state index contributed by atoms with van der Waals surface area (Å²) in [6.45, 7) is 4.47. The van der Waals surface area contributed by atoms with Crippen LogP contribution < -0.4 is 4.74 Å². The molecule has 2 rings (SSSR count). The molecule has 0 aliphatic carbocycles. The van der Waals surface area contributed by atoms with Crippen molar-refractivity contribution in [1.29, 1.82) is 5.41 Å². The summed E-state index contributed by atoms with van der Waals surface area (Å²) in [6, 6.07) is 7.68. The van der Waals surface area contributed by atoms with Crippen LogP contribution in [-0.2, 0) is 0 Å². The van der Waals surface area contributed by atoms with Gasteiger partial charge in [0.25, 0.3) is 0 Å². The Labute approximate surface area is 133 Å². The summed E-state index contributed by atoms with van der Waals surface area (Å²) in [5.41, 5.74) is 0.903. The van der Waals surface area contributed by atoms with E-state index in [0.29, 0.717) is 6.61 Å². The number of ether oxygens (including phenoxy) is 1. The van der Waals surface area contributed by atoms with Gasteiger partial charge in [-0.1, -0.05) is 0 Å². The van der Waals surface area contributed by atoms with Gasteiger partial charge in [0, 0.05) is 19.4 Å². The van der Waals surface area contributed by atoms with Gasteiger partial charge in [-0.25, -0.2) is 0 Å². The minimum Gasteiger partial charge on any atom is -0.494 e. The van der Waals surface area contributed by atoms with Crippen molar-refractivity contribution in [1.82, 2.24) is 4.90 Å². The number of hydrogen-bond acceptors (Lipinski definition) is 4. The van der Waals surface area contributed by atoms with Gasteiger partial charge in [-0.2, -0.15) is 0 Å². The predicted octanol–water partition coefficient (Wildman–Crippen LogP) is 2.94. The first-order valence-corrected chi connectivity index (χ1v) is 8.38. The summed E-state index contributed by atoms with van der Waals surface area (Å²) in [6.07, 6.45) is 7.14. The molecule has 0 saturated carbocycles. The van der Waals surface area contributed by atoms with Crippen molar-refractivity contribution >= 4 is 6.21 Å². The highest BCUT2D eigenvalue weighted by Crippen LogP contribution is 2.22. The minimum absolute atomic E-state index is 0.304. The maximum Gasteiger partial charge on any atom is 0.119 e. The lowest BCUT2D eigenvalue weighted by Crippen LogP contribution is -2.34. The monoisotopic (exact) mass is 304 g/mol. The molecule has 0 spiro atoms. The van der Waals surface area contributed by atoms with E-state index in [1.807, 2.05) is 24.3 Å². The van der Waals surface area contributed by atoms with Crippen LogP contribution in [0.2, 0.25) is 0 Å². The average molecular weight is 304 g/mol. The standard InChI is InChI=1S/C18H28N2O2/c19-15-17-4-6-18(7-5-17)22-14-1-3-16-8-11-20(12-9-16)10-2-13-21/h4-7,15-16,19,21H,1-3,8-14H2. The number of nitrogens with one attached hydrogen (secondary N) is 1. The molecule has 0 radical (unpaired) electrons. The zero-order chi connectivity index (χ0) is 15.6. The predicted molar refractivity (Wildman–Crippen MR) is 89.9 cm³/mol. The molecule has 1 aromatic rings. The molecule has 2 N–H and O–H groups in total. The van der Waals surface area contributed by atoms with Crippen molar-refractivity contribution < 1.29 is 9.84 Å². The lowest BCUT2D eigenvalue weighted by Gasteiger charge is -2.31. The topological polar surface area (TPSA) is 56.5 Å². The van der Waals surface area contributed by atoms with Crippen LogP contribution in [0.3, 0.4) is 0 Å². The van der Waals surface area contributed by atoms with Crippen LogP contribution in [0.1, 0.15) is 37.7 Å². The van der Waals surface area contributed by atoms with E-state index in [1.54, 1.807) is 0 Å². The molecule has 1 aromatic carbocycles. The van der Waals surface area contributed by atoms with Crippen molar-refractivity contribution in [2.24, 2.45) is 5.92 Å². The summed E-state index contributed by atoms with van der Waals surface area (Å²) >= 11 is 0. The molecule has 1 saturated heterocycles. The van der Waals surface area contributed by atoms with Crippen LogP contribution in [0.25, 0.3) is 0 Å². The molecule has 22 heavy (non-hydrogen) atoms. The van der Waals surface area contributed by atoms with Gasteiger partial charge < -0.3 is 20.2 Å². The first-order valence-electron chi connectivity index (χ1n) is 8.38.